The highest BCUT2D eigenvalue weighted by Crippen LogP contribution is 2.33. The zero-order valence-corrected chi connectivity index (χ0v) is 18.5. The molecule has 0 saturated heterocycles. The lowest BCUT2D eigenvalue weighted by molar-refractivity contribution is -0.117. The summed E-state index contributed by atoms with van der Waals surface area (Å²) >= 11 is 0. The molecule has 0 spiro atoms. The lowest BCUT2D eigenvalue weighted by Gasteiger charge is -2.31. The molecule has 2 rings (SSSR count). The third-order valence-corrected chi connectivity index (χ3v) is 5.96. The molecule has 2 aromatic carbocycles. The molecule has 1 amide bonds. The second kappa shape index (κ2) is 9.40. The Bertz CT molecular complexity index is 1030. The van der Waals surface area contributed by atoms with Crippen molar-refractivity contribution in [3.05, 3.63) is 65.5 Å². The molecule has 2 N–H and O–H groups in total. The van der Waals surface area contributed by atoms with E-state index in [2.05, 4.69) is 10.0 Å². The fourth-order valence-corrected chi connectivity index (χ4v) is 3.86. The van der Waals surface area contributed by atoms with Gasteiger partial charge in [0, 0.05) is 6.08 Å². The Labute approximate surface area is 177 Å². The molecule has 2 aromatic rings. The van der Waals surface area contributed by atoms with E-state index in [0.717, 1.165) is 5.56 Å². The smallest absolute Gasteiger partial charge is 0.244 e. The van der Waals surface area contributed by atoms with E-state index in [1.807, 2.05) is 20.8 Å². The van der Waals surface area contributed by atoms with Crippen LogP contribution in [0.5, 0.6) is 5.75 Å². The molecular formula is C22H27FN2O4S. The first-order valence-corrected chi connectivity index (χ1v) is 10.8. The number of nitrogens with one attached hydrogen (secondary N) is 2. The molecule has 8 heteroatoms. The third-order valence-electron chi connectivity index (χ3n) is 4.53. The van der Waals surface area contributed by atoms with E-state index < -0.39 is 10.0 Å². The third kappa shape index (κ3) is 5.90. The average molecular weight is 435 g/mol. The molecule has 1 unspecified atom stereocenters. The SMILES string of the molecule is CNS(=O)(=O)c1cc(/C=C/C(=O)NC(c2ccc(F)cc2)C(C)(C)C)ccc1OC. The Morgan fingerprint density at radius 3 is 2.30 bits per heavy atom. The summed E-state index contributed by atoms with van der Waals surface area (Å²) in [5.41, 5.74) is 1.00. The molecule has 0 bridgehead atoms. The van der Waals surface area contributed by atoms with Gasteiger partial charge in [0.05, 0.1) is 13.2 Å². The Hall–Kier alpha value is -2.71. The minimum absolute atomic E-state index is 0.0195. The number of ether oxygens (including phenoxy) is 1. The van der Waals surface area contributed by atoms with E-state index >= 15 is 0 Å². The van der Waals surface area contributed by atoms with Crippen molar-refractivity contribution in [2.24, 2.45) is 5.41 Å². The molecule has 0 heterocycles. The van der Waals surface area contributed by atoms with Crippen molar-refractivity contribution in [3.8, 4) is 5.75 Å². The number of hydrogen-bond acceptors (Lipinski definition) is 4. The van der Waals surface area contributed by atoms with E-state index in [0.29, 0.717) is 5.56 Å². The number of amides is 1. The molecule has 162 valence electrons. The summed E-state index contributed by atoms with van der Waals surface area (Å²) in [6, 6.07) is 10.3. The second-order valence-corrected chi connectivity index (χ2v) is 9.67. The second-order valence-electron chi connectivity index (χ2n) is 7.81. The average Bonchev–Trinajstić information content (AvgIpc) is 2.70. The molecule has 1 atom stereocenters. The zero-order chi connectivity index (χ0) is 22.5. The first-order valence-electron chi connectivity index (χ1n) is 9.33. The van der Waals surface area contributed by atoms with E-state index in [1.165, 1.54) is 50.6 Å². The van der Waals surface area contributed by atoms with Crippen LogP contribution in [-0.4, -0.2) is 28.5 Å². The van der Waals surface area contributed by atoms with Crippen LogP contribution >= 0.6 is 0 Å². The van der Waals surface area contributed by atoms with Crippen LogP contribution in [0.1, 0.15) is 37.9 Å². The highest BCUT2D eigenvalue weighted by molar-refractivity contribution is 7.89. The number of benzene rings is 2. The van der Waals surface area contributed by atoms with Gasteiger partial charge in [-0.1, -0.05) is 39.0 Å². The van der Waals surface area contributed by atoms with Crippen LogP contribution in [0.25, 0.3) is 6.08 Å². The topological polar surface area (TPSA) is 84.5 Å². The van der Waals surface area contributed by atoms with Crippen molar-refractivity contribution in [1.29, 1.82) is 0 Å². The maximum atomic E-state index is 13.3. The molecule has 6 nitrogen and oxygen atoms in total. The highest BCUT2D eigenvalue weighted by Gasteiger charge is 2.27. The standard InChI is InChI=1S/C22H27FN2O4S/c1-22(2,3)21(16-8-10-17(23)11-9-16)25-20(26)13-7-15-6-12-18(29-5)19(14-15)30(27,28)24-4/h6-14,21,24H,1-5H3,(H,25,26)/b13-7+. The summed E-state index contributed by atoms with van der Waals surface area (Å²) < 4.78 is 45.0. The molecule has 30 heavy (non-hydrogen) atoms. The Morgan fingerprint density at radius 2 is 1.77 bits per heavy atom. The lowest BCUT2D eigenvalue weighted by Crippen LogP contribution is -2.35. The van der Waals surface area contributed by atoms with Gasteiger partial charge in [0.2, 0.25) is 15.9 Å². The predicted molar refractivity (Wildman–Crippen MR) is 115 cm³/mol. The molecule has 0 aromatic heterocycles. The van der Waals surface area contributed by atoms with Crippen molar-refractivity contribution >= 4 is 22.0 Å². The van der Waals surface area contributed by atoms with Gasteiger partial charge in [-0.15, -0.1) is 0 Å². The van der Waals surface area contributed by atoms with Crippen molar-refractivity contribution in [3.63, 3.8) is 0 Å². The van der Waals surface area contributed by atoms with Crippen molar-refractivity contribution < 1.29 is 22.3 Å². The van der Waals surface area contributed by atoms with Crippen LogP contribution in [0.2, 0.25) is 0 Å². The van der Waals surface area contributed by atoms with E-state index in [9.17, 15) is 17.6 Å². The first kappa shape index (κ1) is 23.6. The van der Waals surface area contributed by atoms with Gasteiger partial charge < -0.3 is 10.1 Å². The van der Waals surface area contributed by atoms with Crippen molar-refractivity contribution in [1.82, 2.24) is 10.0 Å². The number of rotatable bonds is 7. The van der Waals surface area contributed by atoms with Gasteiger partial charge in [-0.25, -0.2) is 17.5 Å². The number of methoxy groups -OCH3 is 1. The lowest BCUT2D eigenvalue weighted by atomic mass is 9.82. The molecule has 0 radical (unpaired) electrons. The summed E-state index contributed by atoms with van der Waals surface area (Å²) in [6.45, 7) is 5.93. The van der Waals surface area contributed by atoms with Gasteiger partial charge in [0.25, 0.3) is 0 Å². The first-order chi connectivity index (χ1) is 14.0. The number of halogens is 1. The molecular weight excluding hydrogens is 407 g/mol. The van der Waals surface area contributed by atoms with Crippen LogP contribution in [0, 0.1) is 11.2 Å². The normalized spacial score (nSPS) is 13.3. The quantitative estimate of drug-likeness (QED) is 0.652. The summed E-state index contributed by atoms with van der Waals surface area (Å²) in [4.78, 5) is 12.5. The van der Waals surface area contributed by atoms with E-state index in [1.54, 1.807) is 18.2 Å². The molecule has 0 fully saturated rings. The van der Waals surface area contributed by atoms with Crippen LogP contribution in [0.3, 0.4) is 0 Å². The number of hydrogen-bond donors (Lipinski definition) is 2. The zero-order valence-electron chi connectivity index (χ0n) is 17.7. The van der Waals surface area contributed by atoms with Crippen LogP contribution in [0.15, 0.2) is 53.4 Å². The Morgan fingerprint density at radius 1 is 1.13 bits per heavy atom. The minimum atomic E-state index is -3.72. The predicted octanol–water partition coefficient (Wildman–Crippen LogP) is 3.66. The number of sulfonamides is 1. The molecule has 0 saturated carbocycles. The van der Waals surface area contributed by atoms with Crippen LogP contribution in [-0.2, 0) is 14.8 Å². The maximum absolute atomic E-state index is 13.3. The summed E-state index contributed by atoms with van der Waals surface area (Å²) in [5.74, 6) is -0.493. The molecule has 0 aliphatic carbocycles. The van der Waals surface area contributed by atoms with Gasteiger partial charge in [-0.2, -0.15) is 0 Å². The largest absolute Gasteiger partial charge is 0.495 e. The Kier molecular flexibility index (Phi) is 7.39. The number of carbonyl (C=O) groups is 1. The van der Waals surface area contributed by atoms with E-state index in [-0.39, 0.29) is 33.8 Å². The monoisotopic (exact) mass is 434 g/mol. The summed E-state index contributed by atoms with van der Waals surface area (Å²) in [7, 11) is -1.02. The van der Waals surface area contributed by atoms with Crippen molar-refractivity contribution in [2.45, 2.75) is 31.7 Å². The van der Waals surface area contributed by atoms with Gasteiger partial charge in [-0.05, 0) is 53.9 Å². The van der Waals surface area contributed by atoms with E-state index in [4.69, 9.17) is 4.74 Å². The molecule has 0 aliphatic rings. The summed E-state index contributed by atoms with van der Waals surface area (Å²) in [6.07, 6.45) is 2.85. The van der Waals surface area contributed by atoms with Crippen LogP contribution < -0.4 is 14.8 Å². The molecule has 0 aliphatic heterocycles. The summed E-state index contributed by atoms with van der Waals surface area (Å²) in [5, 5.41) is 2.94. The van der Waals surface area contributed by atoms with Gasteiger partial charge in [0.1, 0.15) is 16.5 Å². The minimum Gasteiger partial charge on any atom is -0.495 e. The maximum Gasteiger partial charge on any atom is 0.244 e. The van der Waals surface area contributed by atoms with Crippen molar-refractivity contribution in [2.75, 3.05) is 14.2 Å². The van der Waals surface area contributed by atoms with Gasteiger partial charge in [0.15, 0.2) is 0 Å². The fourth-order valence-electron chi connectivity index (χ4n) is 2.93. The number of carbonyl (C=O) groups excluding carboxylic acids is 1. The van der Waals surface area contributed by atoms with Crippen LogP contribution in [0.4, 0.5) is 4.39 Å². The van der Waals surface area contributed by atoms with Gasteiger partial charge >= 0.3 is 0 Å². The Balaban J connectivity index is 2.26. The highest BCUT2D eigenvalue weighted by atomic mass is 32.2. The van der Waals surface area contributed by atoms with Gasteiger partial charge in [-0.3, -0.25) is 4.79 Å². The fraction of sp³-hybridized carbons (Fsp3) is 0.318.